The maximum absolute atomic E-state index is 8.52. The third-order valence-electron chi connectivity index (χ3n) is 3.58. The summed E-state index contributed by atoms with van der Waals surface area (Å²) in [5.74, 6) is 0.840. The van der Waals surface area contributed by atoms with Crippen molar-refractivity contribution in [3.63, 3.8) is 0 Å². The van der Waals surface area contributed by atoms with E-state index in [2.05, 4.69) is 24.4 Å². The van der Waals surface area contributed by atoms with Gasteiger partial charge in [0.1, 0.15) is 5.75 Å². The molecule has 2 rings (SSSR count). The van der Waals surface area contributed by atoms with Crippen molar-refractivity contribution < 1.29 is 4.74 Å². The molecule has 3 nitrogen and oxygen atoms in total. The van der Waals surface area contributed by atoms with Gasteiger partial charge in [0.2, 0.25) is 0 Å². The van der Waals surface area contributed by atoms with Gasteiger partial charge in [0.15, 0.2) is 0 Å². The molecule has 0 saturated carbocycles. The number of halogens is 1. The first-order valence-electron chi connectivity index (χ1n) is 7.77. The highest BCUT2D eigenvalue weighted by Crippen LogP contribution is 2.22. The van der Waals surface area contributed by atoms with Crippen LogP contribution >= 0.6 is 11.6 Å². The second-order valence-corrected chi connectivity index (χ2v) is 5.79. The molecule has 2 aromatic carbocycles. The van der Waals surface area contributed by atoms with Gasteiger partial charge in [0.25, 0.3) is 0 Å². The maximum atomic E-state index is 8.52. The van der Waals surface area contributed by atoms with E-state index in [4.69, 9.17) is 21.6 Å². The fourth-order valence-electron chi connectivity index (χ4n) is 2.29. The van der Waals surface area contributed by atoms with E-state index in [9.17, 15) is 0 Å². The van der Waals surface area contributed by atoms with Gasteiger partial charge >= 0.3 is 0 Å². The Morgan fingerprint density at radius 1 is 1.22 bits per heavy atom. The van der Waals surface area contributed by atoms with E-state index >= 15 is 0 Å². The van der Waals surface area contributed by atoms with Crippen LogP contribution in [-0.2, 0) is 6.54 Å². The Bertz CT molecular complexity index is 666. The molecule has 1 unspecified atom stereocenters. The highest BCUT2D eigenvalue weighted by molar-refractivity contribution is 6.31. The average Bonchev–Trinajstić information content (AvgIpc) is 2.57. The number of ether oxygens (including phenoxy) is 1. The Morgan fingerprint density at radius 2 is 2.04 bits per heavy atom. The zero-order valence-corrected chi connectivity index (χ0v) is 14.0. The maximum Gasteiger partial charge on any atom is 0.119 e. The number of hydrogen-bond acceptors (Lipinski definition) is 3. The van der Waals surface area contributed by atoms with E-state index < -0.39 is 0 Å². The number of nitrogens with zero attached hydrogens (tertiary/aromatic N) is 1. The van der Waals surface area contributed by atoms with Crippen LogP contribution in [0.1, 0.15) is 36.9 Å². The number of benzene rings is 2. The summed E-state index contributed by atoms with van der Waals surface area (Å²) in [5, 5.41) is 12.8. The summed E-state index contributed by atoms with van der Waals surface area (Å²) in [6.07, 6.45) is 1.28. The third kappa shape index (κ3) is 5.59. The standard InChI is InChI=1S/C19H21ClN2O/c1-15(18-9-2-3-10-19(18)20)22-14-16-7-6-8-17(13-16)23-12-5-4-11-21/h2-3,6-10,13,15,22H,4-5,12,14H2,1H3. The molecule has 23 heavy (non-hydrogen) atoms. The Kier molecular flexibility index (Phi) is 6.93. The first kappa shape index (κ1) is 17.3. The second kappa shape index (κ2) is 9.19. The Hall–Kier alpha value is -2.02. The molecular formula is C19H21ClN2O. The lowest BCUT2D eigenvalue weighted by Gasteiger charge is -2.16. The summed E-state index contributed by atoms with van der Waals surface area (Å²) >= 11 is 6.23. The molecule has 0 radical (unpaired) electrons. The molecule has 0 aliphatic rings. The number of rotatable bonds is 8. The molecule has 0 heterocycles. The van der Waals surface area contributed by atoms with Crippen LogP contribution in [0, 0.1) is 11.3 Å². The molecule has 0 saturated heterocycles. The summed E-state index contributed by atoms with van der Waals surface area (Å²) in [4.78, 5) is 0. The van der Waals surface area contributed by atoms with Gasteiger partial charge in [-0.15, -0.1) is 0 Å². The van der Waals surface area contributed by atoms with Crippen molar-refractivity contribution in [1.82, 2.24) is 5.32 Å². The largest absolute Gasteiger partial charge is 0.494 e. The van der Waals surface area contributed by atoms with Crippen LogP contribution in [0.3, 0.4) is 0 Å². The Labute approximate surface area is 142 Å². The van der Waals surface area contributed by atoms with Gasteiger partial charge in [-0.2, -0.15) is 5.26 Å². The quantitative estimate of drug-likeness (QED) is 0.703. The van der Waals surface area contributed by atoms with Crippen molar-refractivity contribution in [1.29, 1.82) is 5.26 Å². The van der Waals surface area contributed by atoms with E-state index in [0.29, 0.717) is 13.0 Å². The second-order valence-electron chi connectivity index (χ2n) is 5.38. The van der Waals surface area contributed by atoms with Crippen molar-refractivity contribution in [2.45, 2.75) is 32.4 Å². The van der Waals surface area contributed by atoms with Gasteiger partial charge in [-0.05, 0) is 42.7 Å². The molecule has 0 aliphatic heterocycles. The molecule has 0 fully saturated rings. The normalized spacial score (nSPS) is 11.7. The van der Waals surface area contributed by atoms with E-state index in [1.807, 2.05) is 42.5 Å². The van der Waals surface area contributed by atoms with Gasteiger partial charge in [0, 0.05) is 24.0 Å². The summed E-state index contributed by atoms with van der Waals surface area (Å²) < 4.78 is 5.66. The molecule has 0 aromatic heterocycles. The molecule has 120 valence electrons. The van der Waals surface area contributed by atoms with Crippen LogP contribution in [-0.4, -0.2) is 6.61 Å². The zero-order valence-electron chi connectivity index (χ0n) is 13.3. The molecule has 0 aliphatic carbocycles. The van der Waals surface area contributed by atoms with Gasteiger partial charge in [-0.3, -0.25) is 0 Å². The van der Waals surface area contributed by atoms with E-state index in [1.54, 1.807) is 0 Å². The predicted octanol–water partition coefficient (Wildman–Crippen LogP) is 4.87. The first-order chi connectivity index (χ1) is 11.2. The van der Waals surface area contributed by atoms with Crippen LogP contribution in [0.2, 0.25) is 5.02 Å². The monoisotopic (exact) mass is 328 g/mol. The minimum absolute atomic E-state index is 0.170. The van der Waals surface area contributed by atoms with E-state index in [0.717, 1.165) is 34.9 Å². The van der Waals surface area contributed by atoms with Gasteiger partial charge in [-0.1, -0.05) is 41.9 Å². The smallest absolute Gasteiger partial charge is 0.119 e. The van der Waals surface area contributed by atoms with Crippen LogP contribution in [0.5, 0.6) is 5.75 Å². The first-order valence-corrected chi connectivity index (χ1v) is 8.15. The molecule has 2 aromatic rings. The van der Waals surface area contributed by atoms with E-state index in [-0.39, 0.29) is 6.04 Å². The van der Waals surface area contributed by atoms with Gasteiger partial charge in [-0.25, -0.2) is 0 Å². The molecule has 0 spiro atoms. The minimum atomic E-state index is 0.170. The molecule has 1 N–H and O–H groups in total. The van der Waals surface area contributed by atoms with Crippen LogP contribution < -0.4 is 10.1 Å². The highest BCUT2D eigenvalue weighted by atomic mass is 35.5. The highest BCUT2D eigenvalue weighted by Gasteiger charge is 2.08. The minimum Gasteiger partial charge on any atom is -0.494 e. The Balaban J connectivity index is 1.88. The number of hydrogen-bond donors (Lipinski definition) is 1. The summed E-state index contributed by atoms with van der Waals surface area (Å²) in [7, 11) is 0. The third-order valence-corrected chi connectivity index (χ3v) is 3.93. The van der Waals surface area contributed by atoms with Crippen molar-refractivity contribution in [2.75, 3.05) is 6.61 Å². The van der Waals surface area contributed by atoms with Crippen molar-refractivity contribution >= 4 is 11.6 Å². The van der Waals surface area contributed by atoms with Crippen molar-refractivity contribution in [3.05, 3.63) is 64.7 Å². The average molecular weight is 329 g/mol. The van der Waals surface area contributed by atoms with Crippen molar-refractivity contribution in [3.8, 4) is 11.8 Å². The molecule has 0 bridgehead atoms. The summed E-state index contributed by atoms with van der Waals surface area (Å²) in [6.45, 7) is 3.41. The Morgan fingerprint density at radius 3 is 2.83 bits per heavy atom. The summed E-state index contributed by atoms with van der Waals surface area (Å²) in [5.41, 5.74) is 2.25. The van der Waals surface area contributed by atoms with Gasteiger partial charge in [0.05, 0.1) is 12.7 Å². The molecule has 4 heteroatoms. The molecule has 0 amide bonds. The van der Waals surface area contributed by atoms with Crippen LogP contribution in [0.25, 0.3) is 0 Å². The van der Waals surface area contributed by atoms with Gasteiger partial charge < -0.3 is 10.1 Å². The lowest BCUT2D eigenvalue weighted by atomic mass is 10.1. The topological polar surface area (TPSA) is 45.0 Å². The zero-order chi connectivity index (χ0) is 16.5. The number of unbranched alkanes of at least 4 members (excludes halogenated alkanes) is 1. The van der Waals surface area contributed by atoms with E-state index in [1.165, 1.54) is 0 Å². The predicted molar refractivity (Wildman–Crippen MR) is 93.5 cm³/mol. The molecule has 1 atom stereocenters. The molecular weight excluding hydrogens is 308 g/mol. The van der Waals surface area contributed by atoms with Crippen LogP contribution in [0.15, 0.2) is 48.5 Å². The fourth-order valence-corrected chi connectivity index (χ4v) is 2.59. The number of nitriles is 1. The number of nitrogens with one attached hydrogen (secondary N) is 1. The van der Waals surface area contributed by atoms with Crippen molar-refractivity contribution in [2.24, 2.45) is 0 Å². The lowest BCUT2D eigenvalue weighted by Crippen LogP contribution is -2.18. The fraction of sp³-hybridized carbons (Fsp3) is 0.316. The summed E-state index contributed by atoms with van der Waals surface area (Å²) in [6, 6.07) is 18.2. The van der Waals surface area contributed by atoms with Crippen LogP contribution in [0.4, 0.5) is 0 Å². The lowest BCUT2D eigenvalue weighted by molar-refractivity contribution is 0.312. The SMILES string of the molecule is CC(NCc1cccc(OCCCC#N)c1)c1ccccc1Cl.